The second kappa shape index (κ2) is 4.39. The molecule has 0 aliphatic carbocycles. The Labute approximate surface area is 65.7 Å². The highest BCUT2D eigenvalue weighted by atomic mass is 32.2. The van der Waals surface area contributed by atoms with Gasteiger partial charge in [0.05, 0.1) is 6.33 Å². The van der Waals surface area contributed by atoms with E-state index in [0.29, 0.717) is 0 Å². The molecule has 0 unspecified atom stereocenters. The van der Waals surface area contributed by atoms with Gasteiger partial charge in [-0.2, -0.15) is 11.8 Å². The van der Waals surface area contributed by atoms with Crippen molar-refractivity contribution >= 4 is 11.8 Å². The van der Waals surface area contributed by atoms with Gasteiger partial charge in [0, 0.05) is 24.7 Å². The van der Waals surface area contributed by atoms with Crippen LogP contribution < -0.4 is 0 Å². The van der Waals surface area contributed by atoms with E-state index in [0.717, 1.165) is 6.54 Å². The third-order valence-corrected chi connectivity index (χ3v) is 2.14. The lowest BCUT2D eigenvalue weighted by molar-refractivity contribution is 0.770. The van der Waals surface area contributed by atoms with Gasteiger partial charge < -0.3 is 4.57 Å². The van der Waals surface area contributed by atoms with Gasteiger partial charge in [-0.05, 0) is 5.75 Å². The van der Waals surface area contributed by atoms with Crippen molar-refractivity contribution in [1.29, 1.82) is 0 Å². The minimum absolute atomic E-state index is 1.08. The predicted molar refractivity (Wildman–Crippen MR) is 45.2 cm³/mol. The molecule has 3 heteroatoms. The second-order valence-electron chi connectivity index (χ2n) is 2.00. The van der Waals surface area contributed by atoms with Crippen LogP contribution in [-0.2, 0) is 6.54 Å². The molecule has 1 aromatic heterocycles. The molecule has 0 spiro atoms. The standard InChI is InChI=1S/C7H12N2S/c1-2-10-6-5-9-4-3-8-7-9/h3-4,7H,2,5-6H2,1H3. The summed E-state index contributed by atoms with van der Waals surface area (Å²) >= 11 is 1.96. The fraction of sp³-hybridized carbons (Fsp3) is 0.571. The summed E-state index contributed by atoms with van der Waals surface area (Å²) in [6, 6.07) is 0. The van der Waals surface area contributed by atoms with E-state index >= 15 is 0 Å². The predicted octanol–water partition coefficient (Wildman–Crippen LogP) is 1.64. The first-order valence-electron chi connectivity index (χ1n) is 3.47. The van der Waals surface area contributed by atoms with Crippen LogP contribution in [0.2, 0.25) is 0 Å². The average molecular weight is 156 g/mol. The van der Waals surface area contributed by atoms with Crippen molar-refractivity contribution in [3.63, 3.8) is 0 Å². The zero-order valence-electron chi connectivity index (χ0n) is 6.16. The molecule has 0 saturated carbocycles. The molecule has 0 radical (unpaired) electrons. The van der Waals surface area contributed by atoms with Crippen LogP contribution in [0.25, 0.3) is 0 Å². The molecule has 0 N–H and O–H groups in total. The first-order valence-corrected chi connectivity index (χ1v) is 4.62. The average Bonchev–Trinajstić information content (AvgIpc) is 2.41. The van der Waals surface area contributed by atoms with E-state index < -0.39 is 0 Å². The molecule has 1 aromatic rings. The van der Waals surface area contributed by atoms with Crippen LogP contribution in [0.3, 0.4) is 0 Å². The highest BCUT2D eigenvalue weighted by Crippen LogP contribution is 1.99. The molecule has 0 fully saturated rings. The lowest BCUT2D eigenvalue weighted by Crippen LogP contribution is -1.96. The monoisotopic (exact) mass is 156 g/mol. The number of nitrogens with zero attached hydrogens (tertiary/aromatic N) is 2. The quantitative estimate of drug-likeness (QED) is 0.617. The molecule has 1 heterocycles. The molecular weight excluding hydrogens is 144 g/mol. The Hall–Kier alpha value is -0.440. The Bertz CT molecular complexity index is 160. The van der Waals surface area contributed by atoms with Crippen LogP contribution >= 0.6 is 11.8 Å². The number of hydrogen-bond acceptors (Lipinski definition) is 2. The highest BCUT2D eigenvalue weighted by Gasteiger charge is 1.87. The van der Waals surface area contributed by atoms with Crippen molar-refractivity contribution in [3.05, 3.63) is 18.7 Å². The summed E-state index contributed by atoms with van der Waals surface area (Å²) in [7, 11) is 0. The van der Waals surface area contributed by atoms with Crippen molar-refractivity contribution in [3.8, 4) is 0 Å². The molecule has 1 rings (SSSR count). The maximum Gasteiger partial charge on any atom is 0.0946 e. The molecule has 56 valence electrons. The Balaban J connectivity index is 2.15. The first-order chi connectivity index (χ1) is 4.93. The Kier molecular flexibility index (Phi) is 3.36. The molecule has 0 atom stereocenters. The lowest BCUT2D eigenvalue weighted by atomic mass is 10.7. The van der Waals surface area contributed by atoms with Crippen LogP contribution in [0.1, 0.15) is 6.92 Å². The number of aryl methyl sites for hydroxylation is 1. The zero-order valence-corrected chi connectivity index (χ0v) is 6.97. The van der Waals surface area contributed by atoms with Crippen LogP contribution in [0.4, 0.5) is 0 Å². The topological polar surface area (TPSA) is 17.8 Å². The number of hydrogen-bond donors (Lipinski definition) is 0. The van der Waals surface area contributed by atoms with Crippen molar-refractivity contribution in [2.75, 3.05) is 11.5 Å². The molecule has 0 bridgehead atoms. The summed E-state index contributed by atoms with van der Waals surface area (Å²) < 4.78 is 2.10. The number of rotatable bonds is 4. The molecule has 0 saturated heterocycles. The van der Waals surface area contributed by atoms with E-state index in [9.17, 15) is 0 Å². The minimum Gasteiger partial charge on any atom is -0.337 e. The van der Waals surface area contributed by atoms with Gasteiger partial charge in [-0.3, -0.25) is 0 Å². The molecule has 0 aromatic carbocycles. The van der Waals surface area contributed by atoms with Gasteiger partial charge in [-0.15, -0.1) is 0 Å². The first kappa shape index (κ1) is 7.66. The maximum absolute atomic E-state index is 3.95. The van der Waals surface area contributed by atoms with Gasteiger partial charge in [0.15, 0.2) is 0 Å². The molecule has 2 nitrogen and oxygen atoms in total. The van der Waals surface area contributed by atoms with E-state index in [1.165, 1.54) is 11.5 Å². The van der Waals surface area contributed by atoms with Crippen molar-refractivity contribution < 1.29 is 0 Å². The Morgan fingerprint density at radius 1 is 1.60 bits per heavy atom. The van der Waals surface area contributed by atoms with Crippen LogP contribution in [0.5, 0.6) is 0 Å². The Morgan fingerprint density at radius 3 is 3.10 bits per heavy atom. The second-order valence-corrected chi connectivity index (χ2v) is 3.39. The largest absolute Gasteiger partial charge is 0.337 e. The fourth-order valence-corrected chi connectivity index (χ4v) is 1.36. The van der Waals surface area contributed by atoms with Gasteiger partial charge in [0.25, 0.3) is 0 Å². The zero-order chi connectivity index (χ0) is 7.23. The third kappa shape index (κ3) is 2.43. The Morgan fingerprint density at radius 2 is 2.50 bits per heavy atom. The van der Waals surface area contributed by atoms with Gasteiger partial charge >= 0.3 is 0 Å². The fourth-order valence-electron chi connectivity index (χ4n) is 0.733. The molecule has 0 amide bonds. The van der Waals surface area contributed by atoms with Gasteiger partial charge in [-0.25, -0.2) is 4.98 Å². The summed E-state index contributed by atoms with van der Waals surface area (Å²) in [4.78, 5) is 3.95. The SMILES string of the molecule is CCSCCn1ccnc1. The van der Waals surface area contributed by atoms with E-state index in [1.807, 2.05) is 30.5 Å². The van der Waals surface area contributed by atoms with Crippen LogP contribution in [0, 0.1) is 0 Å². The summed E-state index contributed by atoms with van der Waals surface area (Å²) in [6.07, 6.45) is 5.67. The summed E-state index contributed by atoms with van der Waals surface area (Å²) in [5.41, 5.74) is 0. The van der Waals surface area contributed by atoms with Gasteiger partial charge in [-0.1, -0.05) is 6.92 Å². The molecular formula is C7H12N2S. The maximum atomic E-state index is 3.95. The molecule has 0 aliphatic rings. The van der Waals surface area contributed by atoms with E-state index in [2.05, 4.69) is 16.5 Å². The minimum atomic E-state index is 1.08. The van der Waals surface area contributed by atoms with Gasteiger partial charge in [0.2, 0.25) is 0 Å². The number of aromatic nitrogens is 2. The third-order valence-electron chi connectivity index (χ3n) is 1.26. The van der Waals surface area contributed by atoms with E-state index in [4.69, 9.17) is 0 Å². The van der Waals surface area contributed by atoms with Gasteiger partial charge in [0.1, 0.15) is 0 Å². The summed E-state index contributed by atoms with van der Waals surface area (Å²) in [5, 5.41) is 0. The number of thioether (sulfide) groups is 1. The van der Waals surface area contributed by atoms with Crippen LogP contribution in [0.15, 0.2) is 18.7 Å². The van der Waals surface area contributed by atoms with E-state index in [1.54, 1.807) is 0 Å². The summed E-state index contributed by atoms with van der Waals surface area (Å²) in [6.45, 7) is 3.26. The normalized spacial score (nSPS) is 10.1. The summed E-state index contributed by atoms with van der Waals surface area (Å²) in [5.74, 6) is 2.39. The van der Waals surface area contributed by atoms with E-state index in [-0.39, 0.29) is 0 Å². The molecule has 0 aliphatic heterocycles. The van der Waals surface area contributed by atoms with Crippen LogP contribution in [-0.4, -0.2) is 21.1 Å². The lowest BCUT2D eigenvalue weighted by Gasteiger charge is -1.98. The molecule has 10 heavy (non-hydrogen) atoms. The van der Waals surface area contributed by atoms with Crippen molar-refractivity contribution in [2.45, 2.75) is 13.5 Å². The van der Waals surface area contributed by atoms with Crippen molar-refractivity contribution in [2.24, 2.45) is 0 Å². The number of imidazole rings is 1. The highest BCUT2D eigenvalue weighted by molar-refractivity contribution is 7.99. The smallest absolute Gasteiger partial charge is 0.0946 e. The van der Waals surface area contributed by atoms with Crippen molar-refractivity contribution in [1.82, 2.24) is 9.55 Å².